The Hall–Kier alpha value is -3.74. The number of rotatable bonds is 8. The largest absolute Gasteiger partial charge is 0.497 e. The Morgan fingerprint density at radius 1 is 0.968 bits per heavy atom. The van der Waals surface area contributed by atoms with Gasteiger partial charge in [0.15, 0.2) is 0 Å². The zero-order chi connectivity index (χ0) is 22.4. The number of nitrogens with zero attached hydrogens (tertiary/aromatic N) is 1. The molecule has 2 aromatic carbocycles. The molecule has 0 spiro atoms. The maximum absolute atomic E-state index is 12.7. The first kappa shape index (κ1) is 22.0. The number of anilines is 1. The van der Waals surface area contributed by atoms with Gasteiger partial charge in [0.05, 0.1) is 25.8 Å². The molecule has 3 rings (SSSR count). The lowest BCUT2D eigenvalue weighted by atomic mass is 10.2. The van der Waals surface area contributed by atoms with Gasteiger partial charge in [0.25, 0.3) is 5.91 Å². The molecule has 1 heterocycles. The van der Waals surface area contributed by atoms with Gasteiger partial charge >= 0.3 is 0 Å². The lowest BCUT2D eigenvalue weighted by molar-refractivity contribution is -0.115. The molecule has 7 heteroatoms. The summed E-state index contributed by atoms with van der Waals surface area (Å²) in [6.07, 6.45) is 0. The SMILES string of the molecule is CCOc1ccc(NC(=O)CNC(=O)c2cc(C)n(-c3ccc(OC)cc3)c2C)cc1. The molecule has 0 unspecified atom stereocenters. The second kappa shape index (κ2) is 9.84. The van der Waals surface area contributed by atoms with Crippen LogP contribution in [0.3, 0.4) is 0 Å². The molecule has 7 nitrogen and oxygen atoms in total. The van der Waals surface area contributed by atoms with E-state index in [9.17, 15) is 9.59 Å². The van der Waals surface area contributed by atoms with Crippen LogP contribution in [0.15, 0.2) is 54.6 Å². The quantitative estimate of drug-likeness (QED) is 0.579. The number of ether oxygens (including phenoxy) is 2. The Morgan fingerprint density at radius 2 is 1.61 bits per heavy atom. The molecule has 0 radical (unpaired) electrons. The normalized spacial score (nSPS) is 10.5. The van der Waals surface area contributed by atoms with Crippen LogP contribution in [0.1, 0.15) is 28.7 Å². The van der Waals surface area contributed by atoms with Crippen molar-refractivity contribution >= 4 is 17.5 Å². The van der Waals surface area contributed by atoms with Crippen LogP contribution in [0.2, 0.25) is 0 Å². The first-order chi connectivity index (χ1) is 14.9. The topological polar surface area (TPSA) is 81.6 Å². The highest BCUT2D eigenvalue weighted by Crippen LogP contribution is 2.23. The number of carbonyl (C=O) groups excluding carboxylic acids is 2. The molecule has 31 heavy (non-hydrogen) atoms. The van der Waals surface area contributed by atoms with Crippen LogP contribution in [-0.2, 0) is 4.79 Å². The molecular weight excluding hydrogens is 394 g/mol. The number of hydrogen-bond donors (Lipinski definition) is 2. The highest BCUT2D eigenvalue weighted by atomic mass is 16.5. The van der Waals surface area contributed by atoms with Crippen molar-refractivity contribution in [3.05, 3.63) is 71.5 Å². The highest BCUT2D eigenvalue weighted by Gasteiger charge is 2.17. The number of amides is 2. The summed E-state index contributed by atoms with van der Waals surface area (Å²) in [6, 6.07) is 16.5. The summed E-state index contributed by atoms with van der Waals surface area (Å²) in [5.74, 6) is 0.903. The predicted molar refractivity (Wildman–Crippen MR) is 120 cm³/mol. The standard InChI is InChI=1S/C24H27N3O4/c1-5-31-21-10-6-18(7-11-21)26-23(28)15-25-24(29)22-14-16(2)27(17(22)3)19-8-12-20(30-4)13-9-19/h6-14H,5,15H2,1-4H3,(H,25,29)(H,26,28). The summed E-state index contributed by atoms with van der Waals surface area (Å²) in [5.41, 5.74) is 3.82. The van der Waals surface area contributed by atoms with Gasteiger partial charge in [-0.15, -0.1) is 0 Å². The summed E-state index contributed by atoms with van der Waals surface area (Å²) in [4.78, 5) is 24.9. The number of carbonyl (C=O) groups is 2. The van der Waals surface area contributed by atoms with Gasteiger partial charge in [-0.25, -0.2) is 0 Å². The molecular formula is C24H27N3O4. The third-order valence-corrected chi connectivity index (χ3v) is 4.86. The number of methoxy groups -OCH3 is 1. The Balaban J connectivity index is 1.63. The van der Waals surface area contributed by atoms with E-state index in [-0.39, 0.29) is 18.4 Å². The fraction of sp³-hybridized carbons (Fsp3) is 0.250. The lowest BCUT2D eigenvalue weighted by Gasteiger charge is -2.11. The van der Waals surface area contributed by atoms with Crippen molar-refractivity contribution in [1.29, 1.82) is 0 Å². The molecule has 162 valence electrons. The molecule has 0 aliphatic heterocycles. The number of nitrogens with one attached hydrogen (secondary N) is 2. The van der Waals surface area contributed by atoms with Gasteiger partial charge < -0.3 is 24.7 Å². The predicted octanol–water partition coefficient (Wildman–Crippen LogP) is 3.87. The molecule has 0 atom stereocenters. The third-order valence-electron chi connectivity index (χ3n) is 4.86. The minimum atomic E-state index is -0.304. The molecule has 0 saturated carbocycles. The van der Waals surface area contributed by atoms with Gasteiger partial charge in [0, 0.05) is 22.8 Å². The van der Waals surface area contributed by atoms with Crippen molar-refractivity contribution in [2.45, 2.75) is 20.8 Å². The van der Waals surface area contributed by atoms with Gasteiger partial charge in [0.1, 0.15) is 11.5 Å². The fourth-order valence-corrected chi connectivity index (χ4v) is 3.38. The van der Waals surface area contributed by atoms with Crippen molar-refractivity contribution in [3.63, 3.8) is 0 Å². The maximum Gasteiger partial charge on any atom is 0.253 e. The monoisotopic (exact) mass is 421 g/mol. The Labute approximate surface area is 182 Å². The van der Waals surface area contributed by atoms with Crippen molar-refractivity contribution in [2.75, 3.05) is 25.6 Å². The first-order valence-electron chi connectivity index (χ1n) is 10.1. The molecule has 2 amide bonds. The van der Waals surface area contributed by atoms with Crippen molar-refractivity contribution < 1.29 is 19.1 Å². The van der Waals surface area contributed by atoms with Crippen LogP contribution in [0.4, 0.5) is 5.69 Å². The molecule has 0 fully saturated rings. The molecule has 1 aromatic heterocycles. The molecule has 2 N–H and O–H groups in total. The van der Waals surface area contributed by atoms with Crippen LogP contribution < -0.4 is 20.1 Å². The van der Waals surface area contributed by atoms with E-state index in [1.807, 2.05) is 55.7 Å². The van der Waals surface area contributed by atoms with Crippen LogP contribution in [0, 0.1) is 13.8 Å². The number of hydrogen-bond acceptors (Lipinski definition) is 4. The molecule has 3 aromatic rings. The summed E-state index contributed by atoms with van der Waals surface area (Å²) in [6.45, 7) is 6.18. The average Bonchev–Trinajstić information content (AvgIpc) is 3.07. The zero-order valence-corrected chi connectivity index (χ0v) is 18.2. The van der Waals surface area contributed by atoms with Crippen molar-refractivity contribution in [2.24, 2.45) is 0 Å². The second-order valence-electron chi connectivity index (χ2n) is 7.01. The van der Waals surface area contributed by atoms with E-state index in [0.717, 1.165) is 28.6 Å². The van der Waals surface area contributed by atoms with E-state index in [1.54, 1.807) is 31.4 Å². The second-order valence-corrected chi connectivity index (χ2v) is 7.01. The van der Waals surface area contributed by atoms with E-state index in [4.69, 9.17) is 9.47 Å². The highest BCUT2D eigenvalue weighted by molar-refractivity contribution is 6.00. The van der Waals surface area contributed by atoms with Gasteiger partial charge in [-0.2, -0.15) is 0 Å². The van der Waals surface area contributed by atoms with Gasteiger partial charge in [-0.1, -0.05) is 0 Å². The number of aromatic nitrogens is 1. The summed E-state index contributed by atoms with van der Waals surface area (Å²) < 4.78 is 12.6. The molecule has 0 aliphatic carbocycles. The Morgan fingerprint density at radius 3 is 2.23 bits per heavy atom. The smallest absolute Gasteiger partial charge is 0.253 e. The third kappa shape index (κ3) is 5.25. The van der Waals surface area contributed by atoms with Gasteiger partial charge in [-0.05, 0) is 75.4 Å². The first-order valence-corrected chi connectivity index (χ1v) is 10.1. The number of benzene rings is 2. The average molecular weight is 421 g/mol. The van der Waals surface area contributed by atoms with Crippen molar-refractivity contribution in [3.8, 4) is 17.2 Å². The van der Waals surface area contributed by atoms with Crippen LogP contribution in [0.5, 0.6) is 11.5 Å². The van der Waals surface area contributed by atoms with Gasteiger partial charge in [0.2, 0.25) is 5.91 Å². The van der Waals surface area contributed by atoms with Gasteiger partial charge in [-0.3, -0.25) is 9.59 Å². The lowest BCUT2D eigenvalue weighted by Crippen LogP contribution is -2.33. The van der Waals surface area contributed by atoms with Crippen molar-refractivity contribution in [1.82, 2.24) is 9.88 Å². The molecule has 0 aliphatic rings. The number of aryl methyl sites for hydroxylation is 1. The van der Waals surface area contributed by atoms with E-state index in [2.05, 4.69) is 10.6 Å². The minimum absolute atomic E-state index is 0.127. The molecule has 0 saturated heterocycles. The Bertz CT molecular complexity index is 1050. The summed E-state index contributed by atoms with van der Waals surface area (Å²) in [7, 11) is 1.62. The maximum atomic E-state index is 12.7. The summed E-state index contributed by atoms with van der Waals surface area (Å²) in [5, 5.41) is 5.45. The van der Waals surface area contributed by atoms with Crippen LogP contribution in [-0.4, -0.2) is 36.6 Å². The zero-order valence-electron chi connectivity index (χ0n) is 18.2. The van der Waals surface area contributed by atoms with Crippen LogP contribution >= 0.6 is 0 Å². The Kier molecular flexibility index (Phi) is 6.97. The van der Waals surface area contributed by atoms with E-state index in [0.29, 0.717) is 17.9 Å². The molecule has 0 bridgehead atoms. The summed E-state index contributed by atoms with van der Waals surface area (Å²) >= 11 is 0. The van der Waals surface area contributed by atoms with E-state index < -0.39 is 0 Å². The van der Waals surface area contributed by atoms with E-state index >= 15 is 0 Å². The van der Waals surface area contributed by atoms with Crippen LogP contribution in [0.25, 0.3) is 5.69 Å². The fourth-order valence-electron chi connectivity index (χ4n) is 3.38. The van der Waals surface area contributed by atoms with E-state index in [1.165, 1.54) is 0 Å². The minimum Gasteiger partial charge on any atom is -0.497 e.